The third-order valence-corrected chi connectivity index (χ3v) is 5.86. The number of aryl methyl sites for hydroxylation is 1. The highest BCUT2D eigenvalue weighted by Crippen LogP contribution is 2.40. The van der Waals surface area contributed by atoms with Gasteiger partial charge in [0.05, 0.1) is 5.69 Å². The van der Waals surface area contributed by atoms with Crippen LogP contribution in [-0.4, -0.2) is 9.97 Å². The van der Waals surface area contributed by atoms with E-state index in [1.807, 2.05) is 6.20 Å². The van der Waals surface area contributed by atoms with E-state index in [4.69, 9.17) is 0 Å². The zero-order chi connectivity index (χ0) is 16.8. The van der Waals surface area contributed by atoms with Crippen molar-refractivity contribution in [2.75, 3.05) is 0 Å². The number of hydrogen-bond acceptors (Lipinski definition) is 2. The summed E-state index contributed by atoms with van der Waals surface area (Å²) in [5.41, 5.74) is 4.01. The summed E-state index contributed by atoms with van der Waals surface area (Å²) in [5.74, 6) is 0.363. The maximum atomic E-state index is 4.57. The van der Waals surface area contributed by atoms with Crippen LogP contribution in [0, 0.1) is 0 Å². The van der Waals surface area contributed by atoms with Gasteiger partial charge in [0.2, 0.25) is 0 Å². The second kappa shape index (κ2) is 5.92. The maximum absolute atomic E-state index is 4.57. The number of benzene rings is 3. The van der Waals surface area contributed by atoms with Gasteiger partial charge in [0.1, 0.15) is 0 Å². The highest BCUT2D eigenvalue weighted by Gasteiger charge is 2.24. The van der Waals surface area contributed by atoms with Gasteiger partial charge in [0, 0.05) is 29.0 Å². The van der Waals surface area contributed by atoms with Crippen molar-refractivity contribution < 1.29 is 0 Å². The number of fused-ring (bicyclic) bond motifs is 5. The Kier molecular flexibility index (Phi) is 3.56. The molecule has 2 nitrogen and oxygen atoms in total. The summed E-state index contributed by atoms with van der Waals surface area (Å²) >= 11 is 3.58. The van der Waals surface area contributed by atoms with Crippen LogP contribution in [0.2, 0.25) is 0 Å². The van der Waals surface area contributed by atoms with Crippen molar-refractivity contribution in [3.63, 3.8) is 0 Å². The summed E-state index contributed by atoms with van der Waals surface area (Å²) in [7, 11) is 0. The molecule has 0 fully saturated rings. The Morgan fingerprint density at radius 1 is 0.920 bits per heavy atom. The second-order valence-corrected chi connectivity index (χ2v) is 7.65. The number of rotatable bonds is 1. The van der Waals surface area contributed by atoms with Gasteiger partial charge in [0.15, 0.2) is 0 Å². The van der Waals surface area contributed by atoms with Crippen molar-refractivity contribution in [2.45, 2.75) is 25.2 Å². The molecule has 1 unspecified atom stereocenters. The van der Waals surface area contributed by atoms with Crippen LogP contribution in [0.4, 0.5) is 0 Å². The molecule has 0 bridgehead atoms. The van der Waals surface area contributed by atoms with E-state index in [1.165, 1.54) is 39.1 Å². The first kappa shape index (κ1) is 15.0. The molecule has 1 aliphatic rings. The average Bonchev–Trinajstić information content (AvgIpc) is 2.67. The minimum Gasteiger partial charge on any atom is -0.261 e. The Balaban J connectivity index is 1.76. The highest BCUT2D eigenvalue weighted by molar-refractivity contribution is 9.10. The molecule has 4 aromatic rings. The largest absolute Gasteiger partial charge is 0.261 e. The fraction of sp³-hybridized carbons (Fsp3) is 0.182. The molecule has 1 aromatic heterocycles. The lowest BCUT2D eigenvalue weighted by Gasteiger charge is -2.26. The van der Waals surface area contributed by atoms with Crippen LogP contribution in [0.3, 0.4) is 0 Å². The Bertz CT molecular complexity index is 1090. The second-order valence-electron chi connectivity index (χ2n) is 6.73. The predicted molar refractivity (Wildman–Crippen MR) is 106 cm³/mol. The number of nitrogens with zero attached hydrogens (tertiary/aromatic N) is 2. The summed E-state index contributed by atoms with van der Waals surface area (Å²) in [5, 5.41) is 5.35. The van der Waals surface area contributed by atoms with Gasteiger partial charge >= 0.3 is 0 Å². The zero-order valence-electron chi connectivity index (χ0n) is 13.7. The fourth-order valence-electron chi connectivity index (χ4n) is 4.24. The molecule has 0 amide bonds. The number of hydrogen-bond donors (Lipinski definition) is 0. The van der Waals surface area contributed by atoms with E-state index >= 15 is 0 Å². The molecule has 1 aliphatic carbocycles. The summed E-state index contributed by atoms with van der Waals surface area (Å²) in [6.45, 7) is 0. The van der Waals surface area contributed by atoms with Crippen LogP contribution in [-0.2, 0) is 6.42 Å². The molecule has 3 aromatic carbocycles. The molecule has 0 spiro atoms. The monoisotopic (exact) mass is 388 g/mol. The van der Waals surface area contributed by atoms with Gasteiger partial charge in [-0.1, -0.05) is 46.3 Å². The van der Waals surface area contributed by atoms with Crippen molar-refractivity contribution in [1.29, 1.82) is 0 Å². The summed E-state index contributed by atoms with van der Waals surface area (Å²) in [4.78, 5) is 8.85. The summed E-state index contributed by atoms with van der Waals surface area (Å²) in [6, 6.07) is 15.7. The molecular formula is C22H17BrN2. The van der Waals surface area contributed by atoms with Gasteiger partial charge in [-0.05, 0) is 64.1 Å². The lowest BCUT2D eigenvalue weighted by Crippen LogP contribution is -2.13. The summed E-state index contributed by atoms with van der Waals surface area (Å²) < 4.78 is 1.13. The first-order valence-electron chi connectivity index (χ1n) is 8.71. The third-order valence-electron chi connectivity index (χ3n) is 5.36. The minimum absolute atomic E-state index is 0.363. The van der Waals surface area contributed by atoms with Crippen molar-refractivity contribution in [3.05, 3.63) is 82.3 Å². The van der Waals surface area contributed by atoms with Gasteiger partial charge < -0.3 is 0 Å². The van der Waals surface area contributed by atoms with Crippen LogP contribution < -0.4 is 0 Å². The highest BCUT2D eigenvalue weighted by atomic mass is 79.9. The minimum atomic E-state index is 0.363. The van der Waals surface area contributed by atoms with E-state index in [0.29, 0.717) is 5.92 Å². The van der Waals surface area contributed by atoms with Gasteiger partial charge in [-0.15, -0.1) is 0 Å². The van der Waals surface area contributed by atoms with Crippen LogP contribution in [0.15, 0.2) is 65.5 Å². The third kappa shape index (κ3) is 2.46. The molecule has 5 rings (SSSR count). The lowest BCUT2D eigenvalue weighted by molar-refractivity contribution is 0.605. The van der Waals surface area contributed by atoms with Gasteiger partial charge in [-0.2, -0.15) is 0 Å². The normalized spacial score (nSPS) is 16.9. The van der Waals surface area contributed by atoms with Crippen molar-refractivity contribution in [1.82, 2.24) is 9.97 Å². The molecule has 0 saturated carbocycles. The van der Waals surface area contributed by atoms with Crippen LogP contribution in [0.25, 0.3) is 21.5 Å². The van der Waals surface area contributed by atoms with Gasteiger partial charge in [-0.25, -0.2) is 0 Å². The van der Waals surface area contributed by atoms with E-state index in [-0.39, 0.29) is 0 Å². The van der Waals surface area contributed by atoms with E-state index in [9.17, 15) is 0 Å². The maximum Gasteiger partial charge on any atom is 0.0661 e. The molecule has 0 radical (unpaired) electrons. The van der Waals surface area contributed by atoms with Crippen LogP contribution in [0.5, 0.6) is 0 Å². The molecule has 0 saturated heterocycles. The predicted octanol–water partition coefficient (Wildman–Crippen LogP) is 6.01. The first-order chi connectivity index (χ1) is 12.3. The Morgan fingerprint density at radius 2 is 1.80 bits per heavy atom. The van der Waals surface area contributed by atoms with E-state index in [0.717, 1.165) is 23.0 Å². The molecule has 122 valence electrons. The fourth-order valence-corrected chi connectivity index (χ4v) is 4.62. The average molecular weight is 389 g/mol. The van der Waals surface area contributed by atoms with E-state index < -0.39 is 0 Å². The molecular weight excluding hydrogens is 372 g/mol. The Hall–Kier alpha value is -2.26. The molecule has 1 atom stereocenters. The summed E-state index contributed by atoms with van der Waals surface area (Å²) in [6.07, 6.45) is 8.96. The van der Waals surface area contributed by atoms with Crippen molar-refractivity contribution in [2.24, 2.45) is 0 Å². The molecule has 0 aliphatic heterocycles. The van der Waals surface area contributed by atoms with Crippen molar-refractivity contribution in [3.8, 4) is 0 Å². The molecule has 25 heavy (non-hydrogen) atoms. The zero-order valence-corrected chi connectivity index (χ0v) is 15.3. The van der Waals surface area contributed by atoms with Gasteiger partial charge in [-0.3, -0.25) is 9.97 Å². The van der Waals surface area contributed by atoms with E-state index in [1.54, 1.807) is 12.4 Å². The smallest absolute Gasteiger partial charge is 0.0661 e. The van der Waals surface area contributed by atoms with Crippen LogP contribution >= 0.6 is 15.9 Å². The van der Waals surface area contributed by atoms with Gasteiger partial charge in [0.25, 0.3) is 0 Å². The Morgan fingerprint density at radius 3 is 2.68 bits per heavy atom. The van der Waals surface area contributed by atoms with E-state index in [2.05, 4.69) is 68.4 Å². The first-order valence-corrected chi connectivity index (χ1v) is 9.50. The van der Waals surface area contributed by atoms with Crippen molar-refractivity contribution >= 4 is 37.5 Å². The molecule has 0 N–H and O–H groups in total. The quantitative estimate of drug-likeness (QED) is 0.373. The lowest BCUT2D eigenvalue weighted by atomic mass is 9.78. The topological polar surface area (TPSA) is 25.8 Å². The van der Waals surface area contributed by atoms with Crippen LogP contribution in [0.1, 0.15) is 35.6 Å². The Labute approximate surface area is 155 Å². The molecule has 1 heterocycles. The SMILES string of the molecule is Brc1ccc2c(ccc3c4c(ccc32)C(c2cnccn2)CCC4)c1. The molecule has 3 heteroatoms. The number of halogens is 1. The standard InChI is InChI=1S/C22H17BrN2/c23-15-5-7-16-14(12-15)4-6-19-17-2-1-3-21(20(17)9-8-18(16)19)22-13-24-10-11-25-22/h4-13,21H,1-3H2. The number of aromatic nitrogens is 2.